The number of H-pyrrole nitrogens is 1. The van der Waals surface area contributed by atoms with Gasteiger partial charge in [0.25, 0.3) is 5.56 Å². The van der Waals surface area contributed by atoms with Gasteiger partial charge in [-0.3, -0.25) is 19.1 Å². The fraction of sp³-hybridized carbons (Fsp3) is 0.435. The Bertz CT molecular complexity index is 1310. The number of aliphatic hydroxyl groups excluding tert-OH is 1. The summed E-state index contributed by atoms with van der Waals surface area (Å²) < 4.78 is 38.8. The molecular formula is C23H27FN3O8PS. The van der Waals surface area contributed by atoms with Crippen LogP contribution in [0.25, 0.3) is 0 Å². The number of carbonyl (C=O) groups excluding carboxylic acids is 1. The molecule has 3 rings (SSSR count). The van der Waals surface area contributed by atoms with E-state index in [-0.39, 0.29) is 6.10 Å². The Labute approximate surface area is 217 Å². The van der Waals surface area contributed by atoms with Crippen LogP contribution in [0.5, 0.6) is 5.75 Å². The summed E-state index contributed by atoms with van der Waals surface area (Å²) >= 11 is 5.59. The highest BCUT2D eigenvalue weighted by atomic mass is 32.5. The van der Waals surface area contributed by atoms with Crippen LogP contribution in [0.15, 0.2) is 52.2 Å². The lowest BCUT2D eigenvalue weighted by Crippen LogP contribution is -2.45. The van der Waals surface area contributed by atoms with Gasteiger partial charge < -0.3 is 23.6 Å². The number of benzene rings is 1. The van der Waals surface area contributed by atoms with Crippen LogP contribution < -0.4 is 20.9 Å². The molecule has 1 aromatic carbocycles. The van der Waals surface area contributed by atoms with Crippen molar-refractivity contribution in [3.05, 3.63) is 63.4 Å². The number of rotatable bonds is 10. The number of aliphatic hydroxyl groups is 1. The first-order chi connectivity index (χ1) is 17.4. The van der Waals surface area contributed by atoms with Gasteiger partial charge in [0.05, 0.1) is 12.7 Å². The third-order valence-corrected chi connectivity index (χ3v) is 7.71. The quantitative estimate of drug-likeness (QED) is 0.224. The average molecular weight is 556 g/mol. The minimum absolute atomic E-state index is 0.330. The molecule has 11 nitrogen and oxygen atoms in total. The van der Waals surface area contributed by atoms with Crippen LogP contribution in [0, 0.1) is 12.3 Å². The average Bonchev–Trinajstić information content (AvgIpc) is 3.08. The van der Waals surface area contributed by atoms with Gasteiger partial charge in [0.2, 0.25) is 5.67 Å². The van der Waals surface area contributed by atoms with Gasteiger partial charge in [-0.15, -0.1) is 6.42 Å². The van der Waals surface area contributed by atoms with Crippen LogP contribution in [0.4, 0.5) is 4.39 Å². The second kappa shape index (κ2) is 11.7. The molecule has 1 aliphatic rings. The van der Waals surface area contributed by atoms with E-state index in [0.29, 0.717) is 5.75 Å². The molecule has 2 heterocycles. The van der Waals surface area contributed by atoms with Gasteiger partial charge in [-0.1, -0.05) is 24.1 Å². The number of nitrogens with one attached hydrogen (secondary N) is 2. The molecule has 0 radical (unpaired) electrons. The number of halogens is 1. The summed E-state index contributed by atoms with van der Waals surface area (Å²) in [4.78, 5) is 38.0. The van der Waals surface area contributed by atoms with Crippen LogP contribution >= 0.6 is 6.64 Å². The highest BCUT2D eigenvalue weighted by Gasteiger charge is 2.58. The molecule has 0 saturated carbocycles. The summed E-state index contributed by atoms with van der Waals surface area (Å²) in [6.45, 7) is 0.835. The van der Waals surface area contributed by atoms with Crippen molar-refractivity contribution in [2.45, 2.75) is 57.0 Å². The Kier molecular flexibility index (Phi) is 9.07. The van der Waals surface area contributed by atoms with Crippen molar-refractivity contribution < 1.29 is 32.8 Å². The number of aromatic amines is 1. The van der Waals surface area contributed by atoms with E-state index < -0.39 is 60.6 Å². The minimum Gasteiger partial charge on any atom is -0.462 e. The number of esters is 1. The lowest BCUT2D eigenvalue weighted by Gasteiger charge is -2.28. The van der Waals surface area contributed by atoms with Crippen molar-refractivity contribution >= 4 is 24.4 Å². The largest absolute Gasteiger partial charge is 0.462 e. The zero-order valence-corrected chi connectivity index (χ0v) is 21.9. The lowest BCUT2D eigenvalue weighted by atomic mass is 9.97. The molecule has 1 aromatic heterocycles. The van der Waals surface area contributed by atoms with E-state index in [4.69, 9.17) is 36.8 Å². The second-order valence-electron chi connectivity index (χ2n) is 8.44. The first kappa shape index (κ1) is 28.7. The summed E-state index contributed by atoms with van der Waals surface area (Å²) in [5.41, 5.74) is -4.54. The number of alkyl halides is 1. The predicted octanol–water partition coefficient (Wildman–Crippen LogP) is 1.39. The van der Waals surface area contributed by atoms with Gasteiger partial charge in [0, 0.05) is 12.3 Å². The Balaban J connectivity index is 1.84. The number of hydrogen-bond acceptors (Lipinski definition) is 9. The number of nitrogens with zero attached hydrogens (tertiary/aromatic N) is 1. The molecule has 37 heavy (non-hydrogen) atoms. The molecule has 1 unspecified atom stereocenters. The van der Waals surface area contributed by atoms with E-state index >= 15 is 4.39 Å². The topological polar surface area (TPSA) is 141 Å². The predicted molar refractivity (Wildman–Crippen MR) is 135 cm³/mol. The van der Waals surface area contributed by atoms with Crippen molar-refractivity contribution in [2.24, 2.45) is 0 Å². The zero-order chi connectivity index (χ0) is 27.4. The molecule has 0 aliphatic carbocycles. The number of para-hydroxylation sites is 1. The van der Waals surface area contributed by atoms with Gasteiger partial charge in [0.15, 0.2) is 6.23 Å². The molecule has 0 spiro atoms. The number of aromatic nitrogens is 2. The Morgan fingerprint density at radius 3 is 2.62 bits per heavy atom. The highest BCUT2D eigenvalue weighted by molar-refractivity contribution is 8.09. The van der Waals surface area contributed by atoms with Crippen molar-refractivity contribution in [1.29, 1.82) is 0 Å². The number of hydrogen-bond donors (Lipinski definition) is 3. The summed E-state index contributed by atoms with van der Waals surface area (Å²) in [5, 5.41) is 13.5. The van der Waals surface area contributed by atoms with E-state index in [2.05, 4.69) is 5.09 Å². The van der Waals surface area contributed by atoms with Crippen molar-refractivity contribution in [1.82, 2.24) is 14.6 Å². The van der Waals surface area contributed by atoms with E-state index in [0.717, 1.165) is 16.8 Å². The molecule has 0 bridgehead atoms. The Morgan fingerprint density at radius 2 is 2.03 bits per heavy atom. The molecule has 3 N–H and O–H groups in total. The summed E-state index contributed by atoms with van der Waals surface area (Å²) in [6, 6.07) is 8.44. The molecule has 14 heteroatoms. The van der Waals surface area contributed by atoms with E-state index in [1.54, 1.807) is 44.2 Å². The molecular weight excluding hydrogens is 528 g/mol. The van der Waals surface area contributed by atoms with Gasteiger partial charge in [-0.2, -0.15) is 0 Å². The Hall–Kier alpha value is -2.85. The van der Waals surface area contributed by atoms with E-state index in [9.17, 15) is 19.5 Å². The van der Waals surface area contributed by atoms with E-state index in [1.807, 2.05) is 10.9 Å². The molecule has 6 atom stereocenters. The third kappa shape index (κ3) is 6.73. The molecule has 1 fully saturated rings. The number of ether oxygens (including phenoxy) is 2. The second-order valence-corrected chi connectivity index (χ2v) is 11.6. The van der Waals surface area contributed by atoms with E-state index in [1.165, 1.54) is 6.92 Å². The van der Waals surface area contributed by atoms with Gasteiger partial charge in [-0.25, -0.2) is 14.3 Å². The van der Waals surface area contributed by atoms with Crippen LogP contribution in [0.2, 0.25) is 0 Å². The SMILES string of the molecule is C#C[C@@]1(F)[C@H](O)[C@@H](COP(=S)(N[C@@H](C)C(=O)OC(C)C)Oc2ccccc2)O[C@H]1n1ccc(=O)[nH]c1=O. The van der Waals surface area contributed by atoms with Crippen molar-refractivity contribution in [3.63, 3.8) is 0 Å². The van der Waals surface area contributed by atoms with Gasteiger partial charge in [0.1, 0.15) is 24.0 Å². The van der Waals surface area contributed by atoms with Crippen LogP contribution in [-0.4, -0.2) is 57.3 Å². The number of terminal acetylenes is 1. The summed E-state index contributed by atoms with van der Waals surface area (Å²) in [6.07, 6.45) is 0.874. The molecule has 200 valence electrons. The van der Waals surface area contributed by atoms with Crippen LogP contribution in [-0.2, 0) is 30.6 Å². The fourth-order valence-electron chi connectivity index (χ4n) is 3.43. The summed E-state index contributed by atoms with van der Waals surface area (Å²) in [5.74, 6) is 1.57. The Morgan fingerprint density at radius 1 is 1.35 bits per heavy atom. The molecule has 1 saturated heterocycles. The maximum atomic E-state index is 15.7. The third-order valence-electron chi connectivity index (χ3n) is 5.21. The molecule has 2 aromatic rings. The summed E-state index contributed by atoms with van der Waals surface area (Å²) in [7, 11) is 0. The van der Waals surface area contributed by atoms with Gasteiger partial charge in [-0.05, 0) is 44.7 Å². The zero-order valence-electron chi connectivity index (χ0n) is 20.2. The monoisotopic (exact) mass is 555 g/mol. The maximum absolute atomic E-state index is 15.7. The fourth-order valence-corrected chi connectivity index (χ4v) is 5.85. The maximum Gasteiger partial charge on any atom is 0.330 e. The van der Waals surface area contributed by atoms with Crippen LogP contribution in [0.3, 0.4) is 0 Å². The standard InChI is InChI=1S/C23H27FN3O8PS/c1-5-23(24)19(29)17(34-21(23)27-12-11-18(28)25-22(27)31)13-32-36(37,35-16-9-7-6-8-10-16)26-15(4)20(30)33-14(2)3/h1,6-12,14-15,17,19,21,29H,13H2,2-4H3,(H,26,37)(H,25,28,31)/t15-,17+,19+,21+,23+,36?/m0/s1. The van der Waals surface area contributed by atoms with Gasteiger partial charge >= 0.3 is 18.3 Å². The highest BCUT2D eigenvalue weighted by Crippen LogP contribution is 2.47. The minimum atomic E-state index is -3.53. The normalized spacial score (nSPS) is 25.7. The first-order valence-electron chi connectivity index (χ1n) is 11.2. The van der Waals surface area contributed by atoms with Crippen molar-refractivity contribution in [2.75, 3.05) is 6.61 Å². The smallest absolute Gasteiger partial charge is 0.330 e. The first-order valence-corrected chi connectivity index (χ1v) is 13.8. The molecule has 1 aliphatic heterocycles. The molecule has 0 amide bonds. The van der Waals surface area contributed by atoms with Crippen molar-refractivity contribution in [3.8, 4) is 18.1 Å². The lowest BCUT2D eigenvalue weighted by molar-refractivity contribution is -0.149. The number of carbonyl (C=O) groups is 1. The van der Waals surface area contributed by atoms with Crippen LogP contribution in [0.1, 0.15) is 27.0 Å².